The maximum atomic E-state index is 6.09. The van der Waals surface area contributed by atoms with Crippen molar-refractivity contribution in [2.45, 2.75) is 56.9 Å². The number of piperidine rings is 1. The van der Waals surface area contributed by atoms with Gasteiger partial charge in [0.25, 0.3) is 0 Å². The Morgan fingerprint density at radius 1 is 1.19 bits per heavy atom. The molecule has 21 heavy (non-hydrogen) atoms. The van der Waals surface area contributed by atoms with E-state index in [1.54, 1.807) is 0 Å². The fourth-order valence-corrected chi connectivity index (χ4v) is 3.67. The molecule has 2 saturated heterocycles. The molecule has 0 saturated carbocycles. The third kappa shape index (κ3) is 3.71. The lowest BCUT2D eigenvalue weighted by Crippen LogP contribution is -2.43. The Balaban J connectivity index is 1.44. The van der Waals surface area contributed by atoms with E-state index in [1.807, 2.05) is 24.3 Å². The normalized spacial score (nSPS) is 30.3. The predicted molar refractivity (Wildman–Crippen MR) is 85.1 cm³/mol. The van der Waals surface area contributed by atoms with E-state index in [2.05, 4.69) is 18.9 Å². The van der Waals surface area contributed by atoms with Crippen LogP contribution in [-0.4, -0.2) is 42.8 Å². The summed E-state index contributed by atoms with van der Waals surface area (Å²) in [7, 11) is 2.25. The van der Waals surface area contributed by atoms with E-state index >= 15 is 0 Å². The number of nitrogens with zero attached hydrogens (tertiary/aromatic N) is 1. The van der Waals surface area contributed by atoms with Crippen molar-refractivity contribution in [3.8, 4) is 5.75 Å². The van der Waals surface area contributed by atoms with Crippen molar-refractivity contribution < 1.29 is 9.47 Å². The topological polar surface area (TPSA) is 21.7 Å². The van der Waals surface area contributed by atoms with Gasteiger partial charge in [-0.1, -0.05) is 11.6 Å². The molecule has 3 nitrogen and oxygen atoms in total. The van der Waals surface area contributed by atoms with Crippen molar-refractivity contribution in [1.82, 2.24) is 4.90 Å². The molecule has 2 fully saturated rings. The second-order valence-corrected chi connectivity index (χ2v) is 6.80. The summed E-state index contributed by atoms with van der Waals surface area (Å²) in [6, 6.07) is 8.93. The summed E-state index contributed by atoms with van der Waals surface area (Å²) in [5.41, 5.74) is 0. The fourth-order valence-electron chi connectivity index (χ4n) is 3.55. The Bertz CT molecular complexity index is 450. The molecule has 2 aliphatic heterocycles. The van der Waals surface area contributed by atoms with Crippen molar-refractivity contribution in [2.75, 3.05) is 13.7 Å². The summed E-state index contributed by atoms with van der Waals surface area (Å²) in [5.74, 6) is 0.846. The van der Waals surface area contributed by atoms with Crippen LogP contribution in [0.5, 0.6) is 5.75 Å². The molecule has 2 heterocycles. The first kappa shape index (κ1) is 15.1. The summed E-state index contributed by atoms with van der Waals surface area (Å²) in [6.07, 6.45) is 5.45. The first-order valence-electron chi connectivity index (χ1n) is 7.87. The number of rotatable bonds is 5. The number of halogens is 1. The molecule has 0 N–H and O–H groups in total. The zero-order valence-corrected chi connectivity index (χ0v) is 13.6. The van der Waals surface area contributed by atoms with Gasteiger partial charge >= 0.3 is 0 Å². The van der Waals surface area contributed by atoms with Gasteiger partial charge in [0.1, 0.15) is 11.9 Å². The summed E-state index contributed by atoms with van der Waals surface area (Å²) >= 11 is 5.87. The first-order chi connectivity index (χ1) is 10.1. The molecule has 0 amide bonds. The van der Waals surface area contributed by atoms with Gasteiger partial charge < -0.3 is 14.4 Å². The van der Waals surface area contributed by atoms with E-state index in [9.17, 15) is 0 Å². The van der Waals surface area contributed by atoms with E-state index in [4.69, 9.17) is 21.1 Å². The average molecular weight is 310 g/mol. The highest BCUT2D eigenvalue weighted by Crippen LogP contribution is 2.35. The second kappa shape index (κ2) is 6.55. The minimum Gasteiger partial charge on any atom is -0.488 e. The van der Waals surface area contributed by atoms with Crippen LogP contribution in [0.4, 0.5) is 0 Å². The number of hydrogen-bond donors (Lipinski definition) is 0. The molecule has 2 aliphatic rings. The van der Waals surface area contributed by atoms with Gasteiger partial charge in [0.2, 0.25) is 0 Å². The Labute approximate surface area is 132 Å². The van der Waals surface area contributed by atoms with Crippen LogP contribution in [0.2, 0.25) is 5.02 Å². The van der Waals surface area contributed by atoms with Crippen LogP contribution in [0.1, 0.15) is 32.6 Å². The molecule has 4 atom stereocenters. The highest BCUT2D eigenvalue weighted by molar-refractivity contribution is 6.30. The van der Waals surface area contributed by atoms with Crippen LogP contribution in [-0.2, 0) is 4.74 Å². The molecule has 2 bridgehead atoms. The minimum atomic E-state index is 0.0588. The van der Waals surface area contributed by atoms with Gasteiger partial charge in [-0.2, -0.15) is 0 Å². The van der Waals surface area contributed by atoms with Crippen LogP contribution < -0.4 is 4.74 Å². The van der Waals surface area contributed by atoms with Gasteiger partial charge in [-0.15, -0.1) is 0 Å². The van der Waals surface area contributed by atoms with Gasteiger partial charge in [0, 0.05) is 17.1 Å². The highest BCUT2D eigenvalue weighted by Gasteiger charge is 2.38. The lowest BCUT2D eigenvalue weighted by atomic mass is 10.0. The van der Waals surface area contributed by atoms with Crippen LogP contribution in [0, 0.1) is 0 Å². The minimum absolute atomic E-state index is 0.0588. The predicted octanol–water partition coefficient (Wildman–Crippen LogP) is 3.75. The zero-order chi connectivity index (χ0) is 14.8. The SMILES string of the molecule is C[C@H](COC1C[C@H]2CC[C@@H](C1)N2C)Oc1ccc(Cl)cc1. The lowest BCUT2D eigenvalue weighted by Gasteiger charge is -2.36. The van der Waals surface area contributed by atoms with Gasteiger partial charge in [-0.05, 0) is 63.9 Å². The molecular formula is C17H24ClNO2. The number of hydrogen-bond acceptors (Lipinski definition) is 3. The van der Waals surface area contributed by atoms with E-state index in [0.717, 1.165) is 22.9 Å². The van der Waals surface area contributed by atoms with Crippen molar-refractivity contribution in [3.63, 3.8) is 0 Å². The first-order valence-corrected chi connectivity index (χ1v) is 8.25. The molecule has 3 rings (SSSR count). The van der Waals surface area contributed by atoms with E-state index in [1.165, 1.54) is 25.7 Å². The van der Waals surface area contributed by atoms with Gasteiger partial charge in [0.05, 0.1) is 12.7 Å². The molecular weight excluding hydrogens is 286 g/mol. The summed E-state index contributed by atoms with van der Waals surface area (Å²) < 4.78 is 11.9. The largest absolute Gasteiger partial charge is 0.488 e. The summed E-state index contributed by atoms with van der Waals surface area (Å²) in [4.78, 5) is 2.54. The quantitative estimate of drug-likeness (QED) is 0.827. The number of benzene rings is 1. The highest BCUT2D eigenvalue weighted by atomic mass is 35.5. The Morgan fingerprint density at radius 3 is 2.43 bits per heavy atom. The Kier molecular flexibility index (Phi) is 4.72. The van der Waals surface area contributed by atoms with Crippen molar-refractivity contribution in [3.05, 3.63) is 29.3 Å². The smallest absolute Gasteiger partial charge is 0.119 e. The van der Waals surface area contributed by atoms with Crippen molar-refractivity contribution in [2.24, 2.45) is 0 Å². The number of ether oxygens (including phenoxy) is 2. The maximum absolute atomic E-state index is 6.09. The van der Waals surface area contributed by atoms with E-state index < -0.39 is 0 Å². The molecule has 1 aromatic rings. The van der Waals surface area contributed by atoms with Crippen LogP contribution >= 0.6 is 11.6 Å². The summed E-state index contributed by atoms with van der Waals surface area (Å²) in [6.45, 7) is 2.70. The molecule has 0 spiro atoms. The van der Waals surface area contributed by atoms with Crippen LogP contribution in [0.3, 0.4) is 0 Å². The second-order valence-electron chi connectivity index (χ2n) is 6.36. The Morgan fingerprint density at radius 2 is 1.81 bits per heavy atom. The molecule has 1 unspecified atom stereocenters. The standard InChI is InChI=1S/C17H24ClNO2/c1-12(21-16-7-3-13(18)4-8-16)11-20-17-9-14-5-6-15(10-17)19(14)2/h3-4,7-8,12,14-15,17H,5-6,9-11H2,1-2H3/t12-,14-,15+,17?/m1/s1. The third-order valence-corrected chi connectivity index (χ3v) is 5.02. The zero-order valence-electron chi connectivity index (χ0n) is 12.8. The third-order valence-electron chi connectivity index (χ3n) is 4.77. The van der Waals surface area contributed by atoms with E-state index in [0.29, 0.717) is 12.7 Å². The Hall–Kier alpha value is -0.770. The monoisotopic (exact) mass is 309 g/mol. The number of fused-ring (bicyclic) bond motifs is 2. The molecule has 0 aliphatic carbocycles. The van der Waals surface area contributed by atoms with Gasteiger partial charge in [0.15, 0.2) is 0 Å². The van der Waals surface area contributed by atoms with Crippen molar-refractivity contribution >= 4 is 11.6 Å². The van der Waals surface area contributed by atoms with Crippen LogP contribution in [0.15, 0.2) is 24.3 Å². The molecule has 0 radical (unpaired) electrons. The van der Waals surface area contributed by atoms with Crippen molar-refractivity contribution in [1.29, 1.82) is 0 Å². The van der Waals surface area contributed by atoms with Crippen LogP contribution in [0.25, 0.3) is 0 Å². The van der Waals surface area contributed by atoms with Gasteiger partial charge in [-0.3, -0.25) is 0 Å². The lowest BCUT2D eigenvalue weighted by molar-refractivity contribution is -0.0381. The molecule has 0 aromatic heterocycles. The molecule has 4 heteroatoms. The maximum Gasteiger partial charge on any atom is 0.119 e. The average Bonchev–Trinajstić information content (AvgIpc) is 2.70. The van der Waals surface area contributed by atoms with Gasteiger partial charge in [-0.25, -0.2) is 0 Å². The summed E-state index contributed by atoms with van der Waals surface area (Å²) in [5, 5.41) is 0.730. The molecule has 1 aromatic carbocycles. The fraction of sp³-hybridized carbons (Fsp3) is 0.647. The van der Waals surface area contributed by atoms with E-state index in [-0.39, 0.29) is 6.10 Å². The molecule has 116 valence electrons.